The summed E-state index contributed by atoms with van der Waals surface area (Å²) in [5.74, 6) is 6.53. The first kappa shape index (κ1) is 21.1. The van der Waals surface area contributed by atoms with E-state index in [0.717, 1.165) is 0 Å². The maximum absolute atomic E-state index is 14.0. The fourth-order valence-electron chi connectivity index (χ4n) is 3.37. The number of rotatable bonds is 3. The molecule has 30 heavy (non-hydrogen) atoms. The average Bonchev–Trinajstić information content (AvgIpc) is 2.74. The molecular formula is C21H26FN7O. The van der Waals surface area contributed by atoms with Crippen molar-refractivity contribution in [3.05, 3.63) is 64.9 Å². The van der Waals surface area contributed by atoms with Crippen LogP contribution in [0, 0.1) is 11.2 Å². The van der Waals surface area contributed by atoms with Crippen molar-refractivity contribution in [1.82, 2.24) is 10.3 Å². The zero-order chi connectivity index (χ0) is 21.8. The van der Waals surface area contributed by atoms with Gasteiger partial charge in [-0.1, -0.05) is 0 Å². The number of anilines is 2. The van der Waals surface area contributed by atoms with Crippen LogP contribution in [0.1, 0.15) is 37.5 Å². The molecule has 1 aromatic carbocycles. The van der Waals surface area contributed by atoms with Gasteiger partial charge in [0.2, 0.25) is 0 Å². The molecule has 1 unspecified atom stereocenters. The molecule has 8 N–H and O–H groups in total. The molecule has 0 amide bonds. The molecule has 0 radical (unpaired) electrons. The lowest BCUT2D eigenvalue weighted by molar-refractivity contribution is 0.227. The monoisotopic (exact) mass is 411 g/mol. The highest BCUT2D eigenvalue weighted by Gasteiger charge is 2.23. The highest BCUT2D eigenvalue weighted by molar-refractivity contribution is 5.90. The van der Waals surface area contributed by atoms with Gasteiger partial charge in [-0.05, 0) is 43.7 Å². The Labute approximate surface area is 174 Å². The Kier molecular flexibility index (Phi) is 6.22. The van der Waals surface area contributed by atoms with Crippen molar-refractivity contribution in [2.75, 3.05) is 17.3 Å². The van der Waals surface area contributed by atoms with Crippen molar-refractivity contribution in [2.24, 2.45) is 11.6 Å². The number of pyridine rings is 1. The van der Waals surface area contributed by atoms with Crippen LogP contribution in [0.5, 0.6) is 5.75 Å². The fourth-order valence-corrected chi connectivity index (χ4v) is 3.37. The molecule has 2 aromatic rings. The van der Waals surface area contributed by atoms with E-state index in [9.17, 15) is 4.39 Å². The summed E-state index contributed by atoms with van der Waals surface area (Å²) in [7, 11) is 0. The number of nitrogen functional groups attached to an aromatic ring is 1. The molecule has 0 spiro atoms. The van der Waals surface area contributed by atoms with E-state index in [2.05, 4.69) is 10.3 Å². The number of hydrazine groups is 1. The van der Waals surface area contributed by atoms with Crippen LogP contribution >= 0.6 is 0 Å². The molecule has 1 aliphatic heterocycles. The first-order valence-corrected chi connectivity index (χ1v) is 9.54. The van der Waals surface area contributed by atoms with Crippen molar-refractivity contribution in [2.45, 2.75) is 26.4 Å². The van der Waals surface area contributed by atoms with Crippen LogP contribution in [-0.4, -0.2) is 17.7 Å². The first-order valence-electron chi connectivity index (χ1n) is 9.54. The second-order valence-corrected chi connectivity index (χ2v) is 6.85. The Morgan fingerprint density at radius 3 is 2.83 bits per heavy atom. The number of hydrogen-bond acceptors (Lipinski definition) is 8. The van der Waals surface area contributed by atoms with E-state index >= 15 is 0 Å². The van der Waals surface area contributed by atoms with Crippen LogP contribution in [0.4, 0.5) is 15.9 Å². The number of hydrogen-bond donors (Lipinski definition) is 5. The molecule has 158 valence electrons. The van der Waals surface area contributed by atoms with E-state index in [1.807, 2.05) is 6.92 Å². The lowest BCUT2D eigenvalue weighted by atomic mass is 10.0. The third-order valence-corrected chi connectivity index (χ3v) is 4.88. The highest BCUT2D eigenvalue weighted by atomic mass is 19.1. The zero-order valence-corrected chi connectivity index (χ0v) is 16.9. The summed E-state index contributed by atoms with van der Waals surface area (Å²) in [6.45, 7) is 4.36. The third kappa shape index (κ3) is 4.06. The second-order valence-electron chi connectivity index (χ2n) is 6.85. The normalized spacial score (nSPS) is 20.6. The molecule has 9 heteroatoms. The Morgan fingerprint density at radius 2 is 2.17 bits per heavy atom. The van der Waals surface area contributed by atoms with Gasteiger partial charge in [-0.25, -0.2) is 15.2 Å². The van der Waals surface area contributed by atoms with Crippen LogP contribution in [0.3, 0.4) is 0 Å². The van der Waals surface area contributed by atoms with Crippen LogP contribution in [-0.2, 0) is 0 Å². The van der Waals surface area contributed by atoms with Gasteiger partial charge in [0, 0.05) is 48.4 Å². The summed E-state index contributed by atoms with van der Waals surface area (Å²) < 4.78 is 20.1. The number of halogens is 1. The summed E-state index contributed by atoms with van der Waals surface area (Å²) in [6.07, 6.45) is 3.93. The average molecular weight is 411 g/mol. The van der Waals surface area contributed by atoms with Crippen molar-refractivity contribution in [3.63, 3.8) is 0 Å². The number of aromatic nitrogens is 1. The number of fused-ring (bicyclic) bond motifs is 3. The zero-order valence-electron chi connectivity index (χ0n) is 16.9. The van der Waals surface area contributed by atoms with E-state index in [-0.39, 0.29) is 12.2 Å². The van der Waals surface area contributed by atoms with Gasteiger partial charge in [0.1, 0.15) is 11.9 Å². The van der Waals surface area contributed by atoms with Crippen LogP contribution in [0.2, 0.25) is 0 Å². The van der Waals surface area contributed by atoms with E-state index < -0.39 is 11.9 Å². The van der Waals surface area contributed by atoms with Crippen molar-refractivity contribution in [3.8, 4) is 5.75 Å². The number of nitrogens with one attached hydrogen (secondary N) is 2. The molecular weight excluding hydrogens is 385 g/mol. The van der Waals surface area contributed by atoms with Gasteiger partial charge >= 0.3 is 0 Å². The molecule has 1 aromatic heterocycles. The molecule has 0 saturated carbocycles. The summed E-state index contributed by atoms with van der Waals surface area (Å²) in [5, 5.41) is 12.6. The van der Waals surface area contributed by atoms with Gasteiger partial charge in [0.25, 0.3) is 0 Å². The Hall–Kier alpha value is -3.59. The topological polar surface area (TPSA) is 139 Å². The number of allylic oxidation sites excluding steroid dienone is 1. The largest absolute Gasteiger partial charge is 0.482 e. The predicted octanol–water partition coefficient (Wildman–Crippen LogP) is 2.80. The van der Waals surface area contributed by atoms with Crippen molar-refractivity contribution in [1.29, 1.82) is 5.41 Å². The molecule has 8 nitrogen and oxygen atoms in total. The first-order chi connectivity index (χ1) is 14.4. The van der Waals surface area contributed by atoms with Crippen molar-refractivity contribution >= 4 is 23.4 Å². The number of nitrogens with zero attached hydrogens (tertiary/aromatic N) is 2. The maximum atomic E-state index is 14.0. The van der Waals surface area contributed by atoms with Crippen LogP contribution < -0.4 is 32.4 Å². The lowest BCUT2D eigenvalue weighted by Crippen LogP contribution is -2.33. The molecule has 1 atom stereocenters. The Morgan fingerprint density at radius 1 is 1.40 bits per heavy atom. The van der Waals surface area contributed by atoms with E-state index in [1.165, 1.54) is 29.6 Å². The van der Waals surface area contributed by atoms with Gasteiger partial charge in [0.05, 0.1) is 11.4 Å². The van der Waals surface area contributed by atoms with E-state index in [1.54, 1.807) is 25.3 Å². The van der Waals surface area contributed by atoms with Crippen molar-refractivity contribution < 1.29 is 9.13 Å². The minimum Gasteiger partial charge on any atom is -0.482 e. The van der Waals surface area contributed by atoms with Crippen LogP contribution in [0.25, 0.3) is 5.70 Å². The molecule has 3 rings (SSSR count). The van der Waals surface area contributed by atoms with Gasteiger partial charge in [-0.2, -0.15) is 0 Å². The summed E-state index contributed by atoms with van der Waals surface area (Å²) in [4.78, 5) is 4.25. The lowest BCUT2D eigenvalue weighted by Gasteiger charge is -2.28. The number of ether oxygens (including phenoxy) is 1. The molecule has 2 heterocycles. The summed E-state index contributed by atoms with van der Waals surface area (Å²) in [6, 6.07) is 6.01. The molecule has 1 aliphatic rings. The quantitative estimate of drug-likeness (QED) is 0.386. The van der Waals surface area contributed by atoms with Gasteiger partial charge in [-0.15, -0.1) is 0 Å². The van der Waals surface area contributed by atoms with Gasteiger partial charge in [0.15, 0.2) is 11.6 Å². The summed E-state index contributed by atoms with van der Waals surface area (Å²) in [5.41, 5.74) is 15.5. The third-order valence-electron chi connectivity index (χ3n) is 4.88. The van der Waals surface area contributed by atoms with Crippen LogP contribution in [0.15, 0.2) is 47.9 Å². The second kappa shape index (κ2) is 8.83. The standard InChI is InChI=1S/C21H26FN7O/c1-3-27-20-13(9-23)6-16(10-24)29(26)18-5-4-15(22)8-17(18)12(2)30-19-7-14(20)11-28-21(19)25/h4-5,7-12,23,27H,3,6,24,26H2,1-2H3,(H2,25,28)/b16-10-,20-13-,23-9?. The van der Waals surface area contributed by atoms with Gasteiger partial charge < -0.3 is 26.9 Å². The highest BCUT2D eigenvalue weighted by Crippen LogP contribution is 2.35. The molecule has 0 aliphatic carbocycles. The predicted molar refractivity (Wildman–Crippen MR) is 117 cm³/mol. The number of nitrogens with two attached hydrogens (primary N) is 3. The fraction of sp³-hybridized carbons (Fsp3) is 0.238. The summed E-state index contributed by atoms with van der Waals surface area (Å²) >= 11 is 0. The Bertz CT molecular complexity index is 1020. The minimum atomic E-state index is -0.576. The number of benzene rings is 1. The maximum Gasteiger partial charge on any atom is 0.166 e. The van der Waals surface area contributed by atoms with E-state index in [4.69, 9.17) is 27.5 Å². The smallest absolute Gasteiger partial charge is 0.166 e. The van der Waals surface area contributed by atoms with Gasteiger partial charge in [-0.3, -0.25) is 5.01 Å². The Balaban J connectivity index is 2.29. The SMILES string of the molecule is CCN/C1=C(\C=N)C/C(=C/N)N(N)c2ccc(F)cc2C(C)Oc2cc1cnc2N. The minimum absolute atomic E-state index is 0.208. The molecule has 0 fully saturated rings. The van der Waals surface area contributed by atoms with E-state index in [0.29, 0.717) is 46.1 Å². The molecule has 2 bridgehead atoms. The molecule has 0 saturated heterocycles.